The lowest BCUT2D eigenvalue weighted by Gasteiger charge is -2.15. The lowest BCUT2D eigenvalue weighted by molar-refractivity contribution is -0.384. The van der Waals surface area contributed by atoms with Crippen LogP contribution in [0.1, 0.15) is 28.9 Å². The van der Waals surface area contributed by atoms with Crippen molar-refractivity contribution in [1.29, 1.82) is 0 Å². The predicted molar refractivity (Wildman–Crippen MR) is 106 cm³/mol. The van der Waals surface area contributed by atoms with Crippen LogP contribution in [0.3, 0.4) is 0 Å². The fraction of sp³-hybridized carbons (Fsp3) is 0.278. The Bertz CT molecular complexity index is 845. The number of nitro groups is 1. The summed E-state index contributed by atoms with van der Waals surface area (Å²) in [6.07, 6.45) is 0. The van der Waals surface area contributed by atoms with Crippen LogP contribution in [0.4, 0.5) is 11.4 Å². The van der Waals surface area contributed by atoms with Crippen molar-refractivity contribution in [2.75, 3.05) is 25.6 Å². The van der Waals surface area contributed by atoms with Gasteiger partial charge in [-0.25, -0.2) is 0 Å². The highest BCUT2D eigenvalue weighted by Gasteiger charge is 2.19. The van der Waals surface area contributed by atoms with Crippen molar-refractivity contribution >= 4 is 40.5 Å². The van der Waals surface area contributed by atoms with E-state index in [1.807, 2.05) is 0 Å². The Morgan fingerprint density at radius 3 is 2.59 bits per heavy atom. The molecule has 0 radical (unpaired) electrons. The van der Waals surface area contributed by atoms with Crippen LogP contribution < -0.4 is 10.6 Å². The van der Waals surface area contributed by atoms with Gasteiger partial charge in [-0.1, -0.05) is 29.3 Å². The number of carbonyl (C=O) groups is 1. The van der Waals surface area contributed by atoms with Gasteiger partial charge in [0, 0.05) is 25.3 Å². The first-order valence-electron chi connectivity index (χ1n) is 8.10. The Morgan fingerprint density at radius 1 is 1.22 bits per heavy atom. The summed E-state index contributed by atoms with van der Waals surface area (Å²) in [6.45, 7) is 2.60. The molecule has 0 spiro atoms. The van der Waals surface area contributed by atoms with Crippen LogP contribution in [-0.2, 0) is 4.74 Å². The molecule has 0 saturated heterocycles. The number of halogens is 2. The van der Waals surface area contributed by atoms with E-state index in [1.165, 1.54) is 18.2 Å². The largest absolute Gasteiger partial charge is 0.383 e. The maximum atomic E-state index is 12.5. The second kappa shape index (κ2) is 9.55. The molecule has 1 amide bonds. The first-order chi connectivity index (χ1) is 12.8. The second-order valence-corrected chi connectivity index (χ2v) is 6.59. The third-order valence-electron chi connectivity index (χ3n) is 3.87. The van der Waals surface area contributed by atoms with E-state index in [0.29, 0.717) is 28.9 Å². The van der Waals surface area contributed by atoms with Crippen LogP contribution in [0.25, 0.3) is 0 Å². The lowest BCUT2D eigenvalue weighted by Crippen LogP contribution is -2.26. The number of nitrogens with one attached hydrogen (secondary N) is 2. The molecule has 2 N–H and O–H groups in total. The van der Waals surface area contributed by atoms with Crippen LogP contribution in [0.2, 0.25) is 10.0 Å². The first kappa shape index (κ1) is 21.0. The monoisotopic (exact) mass is 411 g/mol. The summed E-state index contributed by atoms with van der Waals surface area (Å²) in [4.78, 5) is 23.3. The van der Waals surface area contributed by atoms with Gasteiger partial charge >= 0.3 is 0 Å². The van der Waals surface area contributed by atoms with Gasteiger partial charge in [0.2, 0.25) is 0 Å². The van der Waals surface area contributed by atoms with E-state index in [4.69, 9.17) is 27.9 Å². The zero-order chi connectivity index (χ0) is 20.0. The number of hydrogen-bond donors (Lipinski definition) is 2. The van der Waals surface area contributed by atoms with Gasteiger partial charge in [0.25, 0.3) is 11.6 Å². The standard InChI is InChI=1S/C18H19Cl2N3O4/c1-11(12-3-5-14(19)15(20)9-12)22-18(24)13-4-6-16(21-7-8-27-2)17(10-13)23(25)26/h3-6,9-11,21H,7-8H2,1-2H3,(H,22,24). The fourth-order valence-electron chi connectivity index (χ4n) is 2.41. The number of rotatable bonds is 8. The third-order valence-corrected chi connectivity index (χ3v) is 4.61. The number of ether oxygens (including phenoxy) is 1. The Balaban J connectivity index is 2.16. The van der Waals surface area contributed by atoms with Crippen molar-refractivity contribution in [3.05, 3.63) is 67.7 Å². The predicted octanol–water partition coefficient (Wildman–Crippen LogP) is 4.45. The van der Waals surface area contributed by atoms with Crippen molar-refractivity contribution in [2.45, 2.75) is 13.0 Å². The summed E-state index contributed by atoms with van der Waals surface area (Å²) < 4.78 is 4.91. The summed E-state index contributed by atoms with van der Waals surface area (Å²) >= 11 is 11.9. The average Bonchev–Trinajstić information content (AvgIpc) is 2.64. The molecule has 0 heterocycles. The third kappa shape index (κ3) is 5.56. The Hall–Kier alpha value is -2.35. The summed E-state index contributed by atoms with van der Waals surface area (Å²) in [7, 11) is 1.54. The maximum Gasteiger partial charge on any atom is 0.293 e. The molecule has 1 atom stereocenters. The molecule has 0 aliphatic carbocycles. The highest BCUT2D eigenvalue weighted by molar-refractivity contribution is 6.42. The maximum absolute atomic E-state index is 12.5. The van der Waals surface area contributed by atoms with E-state index in [1.54, 1.807) is 32.2 Å². The second-order valence-electron chi connectivity index (χ2n) is 5.78. The summed E-state index contributed by atoms with van der Waals surface area (Å²) in [5, 5.41) is 17.8. The number of nitro benzene ring substituents is 1. The number of hydrogen-bond acceptors (Lipinski definition) is 5. The van der Waals surface area contributed by atoms with Crippen LogP contribution in [0.5, 0.6) is 0 Å². The SMILES string of the molecule is COCCNc1ccc(C(=O)NC(C)c2ccc(Cl)c(Cl)c2)cc1[N+](=O)[O-]. The topological polar surface area (TPSA) is 93.5 Å². The summed E-state index contributed by atoms with van der Waals surface area (Å²) in [6, 6.07) is 8.99. The molecule has 0 aromatic heterocycles. The van der Waals surface area contributed by atoms with E-state index in [2.05, 4.69) is 10.6 Å². The summed E-state index contributed by atoms with van der Waals surface area (Å²) in [5.41, 5.74) is 1.10. The van der Waals surface area contributed by atoms with Crippen LogP contribution in [0.15, 0.2) is 36.4 Å². The molecule has 7 nitrogen and oxygen atoms in total. The number of amides is 1. The molecular formula is C18H19Cl2N3O4. The molecule has 0 aliphatic heterocycles. The van der Waals surface area contributed by atoms with E-state index < -0.39 is 10.8 Å². The minimum absolute atomic E-state index is 0.180. The number of nitrogens with zero attached hydrogens (tertiary/aromatic N) is 1. The van der Waals surface area contributed by atoms with Crippen molar-refractivity contribution < 1.29 is 14.5 Å². The smallest absolute Gasteiger partial charge is 0.293 e. The minimum atomic E-state index is -0.533. The molecule has 27 heavy (non-hydrogen) atoms. The fourth-order valence-corrected chi connectivity index (χ4v) is 2.71. The quantitative estimate of drug-likeness (QED) is 0.380. The van der Waals surface area contributed by atoms with Crippen LogP contribution >= 0.6 is 23.2 Å². The Kier molecular flexibility index (Phi) is 7.41. The molecule has 1 unspecified atom stereocenters. The van der Waals surface area contributed by atoms with Crippen molar-refractivity contribution in [2.24, 2.45) is 0 Å². The molecule has 9 heteroatoms. The van der Waals surface area contributed by atoms with E-state index in [-0.39, 0.29) is 17.3 Å². The zero-order valence-corrected chi connectivity index (χ0v) is 16.3. The van der Waals surface area contributed by atoms with Gasteiger partial charge in [-0.15, -0.1) is 0 Å². The van der Waals surface area contributed by atoms with Gasteiger partial charge in [-0.3, -0.25) is 14.9 Å². The first-order valence-corrected chi connectivity index (χ1v) is 8.86. The van der Waals surface area contributed by atoms with Gasteiger partial charge in [0.05, 0.1) is 27.6 Å². The van der Waals surface area contributed by atoms with Gasteiger partial charge in [0.1, 0.15) is 5.69 Å². The van der Waals surface area contributed by atoms with E-state index >= 15 is 0 Å². The molecule has 2 aromatic carbocycles. The van der Waals surface area contributed by atoms with Crippen molar-refractivity contribution in [1.82, 2.24) is 5.32 Å². The number of benzene rings is 2. The highest BCUT2D eigenvalue weighted by Crippen LogP contribution is 2.27. The average molecular weight is 412 g/mol. The number of methoxy groups -OCH3 is 1. The molecule has 2 aromatic rings. The van der Waals surface area contributed by atoms with Gasteiger partial charge in [0.15, 0.2) is 0 Å². The molecule has 0 bridgehead atoms. The molecular weight excluding hydrogens is 393 g/mol. The molecule has 2 rings (SSSR count). The van der Waals surface area contributed by atoms with Gasteiger partial charge in [-0.2, -0.15) is 0 Å². The summed E-state index contributed by atoms with van der Waals surface area (Å²) in [5.74, 6) is -0.430. The Morgan fingerprint density at radius 2 is 1.96 bits per heavy atom. The van der Waals surface area contributed by atoms with Crippen LogP contribution in [0, 0.1) is 10.1 Å². The Labute approximate surface area is 166 Å². The van der Waals surface area contributed by atoms with Crippen molar-refractivity contribution in [3.8, 4) is 0 Å². The zero-order valence-electron chi connectivity index (χ0n) is 14.8. The van der Waals surface area contributed by atoms with E-state index in [9.17, 15) is 14.9 Å². The van der Waals surface area contributed by atoms with Gasteiger partial charge in [-0.05, 0) is 36.8 Å². The molecule has 0 aliphatic rings. The number of anilines is 1. The normalized spacial score (nSPS) is 11.7. The molecule has 144 valence electrons. The highest BCUT2D eigenvalue weighted by atomic mass is 35.5. The van der Waals surface area contributed by atoms with Gasteiger partial charge < -0.3 is 15.4 Å². The lowest BCUT2D eigenvalue weighted by atomic mass is 10.1. The van der Waals surface area contributed by atoms with Crippen molar-refractivity contribution in [3.63, 3.8) is 0 Å². The van der Waals surface area contributed by atoms with E-state index in [0.717, 1.165) is 5.56 Å². The number of carbonyl (C=O) groups excluding carboxylic acids is 1. The molecule has 0 fully saturated rings. The minimum Gasteiger partial charge on any atom is -0.383 e. The van der Waals surface area contributed by atoms with Crippen LogP contribution in [-0.4, -0.2) is 31.1 Å². The molecule has 0 saturated carbocycles.